The molecular formula is C27H26FN3O6S. The van der Waals surface area contributed by atoms with Crippen molar-refractivity contribution in [3.8, 4) is 11.5 Å². The number of amides is 2. The summed E-state index contributed by atoms with van der Waals surface area (Å²) in [5.41, 5.74) is 0.703. The lowest BCUT2D eigenvalue weighted by Crippen LogP contribution is -2.38. The molecule has 9 nitrogen and oxygen atoms in total. The minimum Gasteiger partial charge on any atom is -0.486 e. The van der Waals surface area contributed by atoms with Gasteiger partial charge < -0.3 is 19.7 Å². The smallest absolute Gasteiger partial charge is 0.264 e. The van der Waals surface area contributed by atoms with Crippen molar-refractivity contribution in [2.75, 3.05) is 42.5 Å². The van der Waals surface area contributed by atoms with Crippen molar-refractivity contribution in [3.05, 3.63) is 78.1 Å². The van der Waals surface area contributed by atoms with E-state index in [2.05, 4.69) is 5.32 Å². The van der Waals surface area contributed by atoms with Gasteiger partial charge in [-0.2, -0.15) is 0 Å². The highest BCUT2D eigenvalue weighted by Gasteiger charge is 2.30. The molecule has 0 saturated carbocycles. The topological polar surface area (TPSA) is 105 Å². The van der Waals surface area contributed by atoms with Crippen LogP contribution in [0.15, 0.2) is 71.6 Å². The Bertz CT molecular complexity index is 1460. The van der Waals surface area contributed by atoms with Gasteiger partial charge in [0, 0.05) is 19.2 Å². The minimum atomic E-state index is -4.29. The first-order valence-electron chi connectivity index (χ1n) is 12.2. The van der Waals surface area contributed by atoms with Crippen LogP contribution in [0.2, 0.25) is 0 Å². The number of carbonyl (C=O) groups excluding carboxylic acids is 2. The lowest BCUT2D eigenvalue weighted by atomic mass is 10.1. The Morgan fingerprint density at radius 2 is 1.61 bits per heavy atom. The molecule has 0 aromatic heterocycles. The Balaban J connectivity index is 1.43. The summed E-state index contributed by atoms with van der Waals surface area (Å²) in [6, 6.07) is 15.6. The van der Waals surface area contributed by atoms with Gasteiger partial charge in [-0.25, -0.2) is 12.8 Å². The number of fused-ring (bicyclic) bond motifs is 1. The highest BCUT2D eigenvalue weighted by molar-refractivity contribution is 7.92. The van der Waals surface area contributed by atoms with Crippen LogP contribution in [0.25, 0.3) is 0 Å². The number of hydrogen-bond donors (Lipinski definition) is 1. The van der Waals surface area contributed by atoms with Gasteiger partial charge in [-0.15, -0.1) is 0 Å². The molecule has 1 N–H and O–H groups in total. The van der Waals surface area contributed by atoms with Gasteiger partial charge in [-0.05, 0) is 61.4 Å². The van der Waals surface area contributed by atoms with Crippen molar-refractivity contribution in [2.45, 2.75) is 17.7 Å². The van der Waals surface area contributed by atoms with Crippen LogP contribution >= 0.6 is 0 Å². The van der Waals surface area contributed by atoms with Crippen LogP contribution < -0.4 is 19.1 Å². The normalized spacial score (nSPS) is 14.7. The fourth-order valence-electron chi connectivity index (χ4n) is 4.42. The Labute approximate surface area is 219 Å². The molecule has 0 aliphatic carbocycles. The number of sulfonamides is 1. The number of para-hydroxylation sites is 1. The van der Waals surface area contributed by atoms with Crippen LogP contribution in [-0.2, 0) is 14.8 Å². The average molecular weight is 540 g/mol. The van der Waals surface area contributed by atoms with E-state index in [9.17, 15) is 22.4 Å². The zero-order valence-electron chi connectivity index (χ0n) is 20.4. The fraction of sp³-hybridized carbons (Fsp3) is 0.259. The van der Waals surface area contributed by atoms with Crippen LogP contribution in [0.5, 0.6) is 11.5 Å². The van der Waals surface area contributed by atoms with E-state index in [1.165, 1.54) is 30.3 Å². The maximum atomic E-state index is 13.7. The molecule has 0 unspecified atom stereocenters. The van der Waals surface area contributed by atoms with E-state index in [4.69, 9.17) is 9.47 Å². The number of benzene rings is 3. The van der Waals surface area contributed by atoms with E-state index in [1.807, 2.05) is 0 Å². The summed E-state index contributed by atoms with van der Waals surface area (Å²) in [7, 11) is -4.29. The maximum Gasteiger partial charge on any atom is 0.264 e. The number of carbonyl (C=O) groups is 2. The first-order valence-corrected chi connectivity index (χ1v) is 13.6. The molecule has 11 heteroatoms. The quantitative estimate of drug-likeness (QED) is 0.491. The second kappa shape index (κ2) is 10.7. The molecule has 0 atom stereocenters. The summed E-state index contributed by atoms with van der Waals surface area (Å²) in [6.07, 6.45) is 1.84. The van der Waals surface area contributed by atoms with E-state index in [0.29, 0.717) is 31.0 Å². The van der Waals surface area contributed by atoms with Crippen LogP contribution in [0.4, 0.5) is 15.8 Å². The van der Waals surface area contributed by atoms with Crippen LogP contribution in [0.3, 0.4) is 0 Å². The highest BCUT2D eigenvalue weighted by atomic mass is 32.2. The Morgan fingerprint density at radius 3 is 2.34 bits per heavy atom. The third-order valence-corrected chi connectivity index (χ3v) is 8.10. The van der Waals surface area contributed by atoms with Crippen molar-refractivity contribution < 1.29 is 31.9 Å². The monoisotopic (exact) mass is 539 g/mol. The van der Waals surface area contributed by atoms with Gasteiger partial charge in [-0.1, -0.05) is 12.1 Å². The first-order chi connectivity index (χ1) is 18.3. The number of rotatable bonds is 7. The molecule has 3 aromatic carbocycles. The maximum absolute atomic E-state index is 13.7. The Morgan fingerprint density at radius 1 is 0.921 bits per heavy atom. The molecule has 1 fully saturated rings. The number of likely N-dealkylation sites (tertiary alicyclic amines) is 1. The highest BCUT2D eigenvalue weighted by Crippen LogP contribution is 2.34. The molecule has 0 bridgehead atoms. The molecule has 198 valence electrons. The lowest BCUT2D eigenvalue weighted by Gasteiger charge is -2.25. The van der Waals surface area contributed by atoms with Gasteiger partial charge in [-0.3, -0.25) is 13.9 Å². The fourth-order valence-corrected chi connectivity index (χ4v) is 5.86. The molecule has 1 saturated heterocycles. The number of nitrogens with zero attached hydrogens (tertiary/aromatic N) is 2. The second-order valence-corrected chi connectivity index (χ2v) is 10.7. The molecule has 2 aliphatic heterocycles. The van der Waals surface area contributed by atoms with Gasteiger partial charge in [0.2, 0.25) is 5.91 Å². The van der Waals surface area contributed by atoms with E-state index >= 15 is 0 Å². The number of ether oxygens (including phenoxy) is 2. The number of anilines is 2. The zero-order valence-corrected chi connectivity index (χ0v) is 21.2. The SMILES string of the molecule is O=C(CN(c1ccc(F)cc1)S(=O)(=O)c1ccc2c(c1)OCCO2)Nc1ccccc1C(=O)N1CCCC1. The molecule has 5 rings (SSSR count). The largest absolute Gasteiger partial charge is 0.486 e. The number of halogens is 1. The Hall–Kier alpha value is -4.12. The van der Waals surface area contributed by atoms with Crippen LogP contribution in [0, 0.1) is 5.82 Å². The van der Waals surface area contributed by atoms with Crippen LogP contribution in [-0.4, -0.2) is 58.0 Å². The van der Waals surface area contributed by atoms with E-state index in [0.717, 1.165) is 29.3 Å². The third kappa shape index (κ3) is 5.28. The van der Waals surface area contributed by atoms with Crippen molar-refractivity contribution >= 4 is 33.2 Å². The molecule has 2 amide bonds. The number of nitrogens with one attached hydrogen (secondary N) is 1. The molecule has 0 spiro atoms. The summed E-state index contributed by atoms with van der Waals surface area (Å²) in [6.45, 7) is 1.30. The van der Waals surface area contributed by atoms with Crippen molar-refractivity contribution in [2.24, 2.45) is 0 Å². The van der Waals surface area contributed by atoms with E-state index in [1.54, 1.807) is 29.2 Å². The summed E-state index contributed by atoms with van der Waals surface area (Å²) in [4.78, 5) is 27.8. The van der Waals surface area contributed by atoms with Gasteiger partial charge in [0.25, 0.3) is 15.9 Å². The summed E-state index contributed by atoms with van der Waals surface area (Å²) < 4.78 is 53.0. The van der Waals surface area contributed by atoms with Gasteiger partial charge in [0.1, 0.15) is 25.6 Å². The predicted octanol–water partition coefficient (Wildman–Crippen LogP) is 3.67. The molecule has 3 aromatic rings. The second-order valence-electron chi connectivity index (χ2n) is 8.89. The van der Waals surface area contributed by atoms with E-state index < -0.39 is 28.3 Å². The minimum absolute atomic E-state index is 0.0952. The van der Waals surface area contributed by atoms with E-state index in [-0.39, 0.29) is 34.5 Å². The summed E-state index contributed by atoms with van der Waals surface area (Å²) >= 11 is 0. The average Bonchev–Trinajstić information content (AvgIpc) is 3.47. The third-order valence-electron chi connectivity index (χ3n) is 6.33. The number of hydrogen-bond acceptors (Lipinski definition) is 6. The molecule has 2 heterocycles. The van der Waals surface area contributed by atoms with Crippen LogP contribution in [0.1, 0.15) is 23.2 Å². The summed E-state index contributed by atoms with van der Waals surface area (Å²) in [5.74, 6) is -0.727. The lowest BCUT2D eigenvalue weighted by molar-refractivity contribution is -0.114. The molecule has 0 radical (unpaired) electrons. The summed E-state index contributed by atoms with van der Waals surface area (Å²) in [5, 5.41) is 2.69. The standard InChI is InChI=1S/C27H26FN3O6S/c28-19-7-9-20(10-8-19)31(38(34,35)21-11-12-24-25(17-21)37-16-15-36-24)18-26(32)29-23-6-2-1-5-22(23)27(33)30-13-3-4-14-30/h1-2,5-12,17H,3-4,13-16,18H2,(H,29,32). The predicted molar refractivity (Wildman–Crippen MR) is 139 cm³/mol. The first kappa shape index (κ1) is 25.5. The molecule has 2 aliphatic rings. The van der Waals surface area contributed by atoms with Crippen molar-refractivity contribution in [1.82, 2.24) is 4.90 Å². The molecule has 38 heavy (non-hydrogen) atoms. The Kier molecular flexibility index (Phi) is 7.19. The van der Waals surface area contributed by atoms with Gasteiger partial charge in [0.05, 0.1) is 21.8 Å². The van der Waals surface area contributed by atoms with Gasteiger partial charge in [0.15, 0.2) is 11.5 Å². The van der Waals surface area contributed by atoms with Crippen molar-refractivity contribution in [3.63, 3.8) is 0 Å². The van der Waals surface area contributed by atoms with Gasteiger partial charge >= 0.3 is 0 Å². The zero-order chi connectivity index (χ0) is 26.7. The molecular weight excluding hydrogens is 513 g/mol. The van der Waals surface area contributed by atoms with Crippen molar-refractivity contribution in [1.29, 1.82) is 0 Å².